The second-order valence-corrected chi connectivity index (χ2v) is 12.3. The fraction of sp³-hybridized carbons (Fsp3) is 0.370. The molecule has 2 unspecified atom stereocenters. The average molecular weight is 510 g/mol. The molecule has 1 fully saturated rings. The van der Waals surface area contributed by atoms with Gasteiger partial charge in [-0.3, -0.25) is 9.69 Å². The monoisotopic (exact) mass is 509 g/mol. The quantitative estimate of drug-likeness (QED) is 0.523. The summed E-state index contributed by atoms with van der Waals surface area (Å²) in [7, 11) is -3.58. The Balaban J connectivity index is 1.31. The maximum absolute atomic E-state index is 13.5. The molecule has 0 radical (unpaired) electrons. The molecule has 1 aromatic heterocycles. The second-order valence-electron chi connectivity index (χ2n) is 9.40. The van der Waals surface area contributed by atoms with Crippen molar-refractivity contribution in [2.45, 2.75) is 37.2 Å². The molecule has 8 heteroatoms. The maximum atomic E-state index is 13.5. The number of fused-ring (bicyclic) bond motifs is 1. The molecule has 5 rings (SSSR count). The van der Waals surface area contributed by atoms with Gasteiger partial charge < -0.3 is 4.90 Å². The van der Waals surface area contributed by atoms with Crippen LogP contribution in [0.1, 0.15) is 34.5 Å². The molecule has 3 heterocycles. The van der Waals surface area contributed by atoms with Crippen LogP contribution in [0.2, 0.25) is 0 Å². The lowest BCUT2D eigenvalue weighted by atomic mass is 9.90. The Hall–Kier alpha value is -2.52. The van der Waals surface area contributed by atoms with E-state index in [0.717, 1.165) is 13.0 Å². The third-order valence-corrected chi connectivity index (χ3v) is 10.2. The molecule has 2 atom stereocenters. The van der Waals surface area contributed by atoms with Crippen LogP contribution in [0, 0.1) is 6.92 Å². The zero-order chi connectivity index (χ0) is 24.6. The Bertz CT molecular complexity index is 1310. The Kier molecular flexibility index (Phi) is 6.81. The van der Waals surface area contributed by atoms with Gasteiger partial charge in [-0.2, -0.15) is 4.31 Å². The zero-order valence-electron chi connectivity index (χ0n) is 20.1. The van der Waals surface area contributed by atoms with Crippen molar-refractivity contribution in [1.29, 1.82) is 0 Å². The molecule has 3 aromatic rings. The van der Waals surface area contributed by atoms with Gasteiger partial charge in [0.1, 0.15) is 0 Å². The normalized spacial score (nSPS) is 21.6. The van der Waals surface area contributed by atoms with E-state index in [1.54, 1.807) is 35.6 Å². The highest BCUT2D eigenvalue weighted by Crippen LogP contribution is 2.38. The zero-order valence-corrected chi connectivity index (χ0v) is 21.8. The Morgan fingerprint density at radius 3 is 2.46 bits per heavy atom. The molecule has 0 aliphatic carbocycles. The molecule has 0 bridgehead atoms. The summed E-state index contributed by atoms with van der Waals surface area (Å²) in [5.74, 6) is 0.0610. The number of hydrogen-bond donors (Lipinski definition) is 0. The minimum absolute atomic E-state index is 0.0610. The van der Waals surface area contributed by atoms with Crippen LogP contribution in [-0.4, -0.2) is 67.2 Å². The number of benzene rings is 2. The molecular weight excluding hydrogens is 478 g/mol. The summed E-state index contributed by atoms with van der Waals surface area (Å²) >= 11 is 1.80. The molecule has 0 spiro atoms. The van der Waals surface area contributed by atoms with Gasteiger partial charge in [-0.05, 0) is 60.5 Å². The van der Waals surface area contributed by atoms with Crippen LogP contribution < -0.4 is 0 Å². The van der Waals surface area contributed by atoms with Crippen molar-refractivity contribution in [2.24, 2.45) is 0 Å². The average Bonchev–Trinajstić information content (AvgIpc) is 3.34. The molecule has 35 heavy (non-hydrogen) atoms. The van der Waals surface area contributed by atoms with Crippen LogP contribution in [0.25, 0.3) is 0 Å². The van der Waals surface area contributed by atoms with Gasteiger partial charge in [-0.1, -0.05) is 42.5 Å². The van der Waals surface area contributed by atoms with Crippen LogP contribution in [0.5, 0.6) is 0 Å². The minimum atomic E-state index is -3.58. The number of carbonyl (C=O) groups excluding carboxylic acids is 1. The van der Waals surface area contributed by atoms with Gasteiger partial charge in [0, 0.05) is 37.1 Å². The van der Waals surface area contributed by atoms with Gasteiger partial charge in [-0.25, -0.2) is 8.42 Å². The number of hydrogen-bond acceptors (Lipinski definition) is 5. The number of thiophene rings is 1. The van der Waals surface area contributed by atoms with E-state index >= 15 is 0 Å². The standard InChI is InChI=1S/C27H31N3O3S2/c1-20-8-6-7-11-23(20)27-24-13-17-34-25(24)12-14-29(27)19-26(31)28-15-16-30(21(2)18-28)35(32,33)22-9-4-3-5-10-22/h3-11,13,17,21,27H,12,14-16,18-19H2,1-2H3. The number of sulfonamides is 1. The van der Waals surface area contributed by atoms with E-state index in [2.05, 4.69) is 47.5 Å². The number of rotatable bonds is 5. The van der Waals surface area contributed by atoms with Crippen molar-refractivity contribution >= 4 is 27.3 Å². The van der Waals surface area contributed by atoms with Crippen molar-refractivity contribution in [3.8, 4) is 0 Å². The molecule has 0 saturated carbocycles. The van der Waals surface area contributed by atoms with Gasteiger partial charge in [0.15, 0.2) is 0 Å². The first-order valence-corrected chi connectivity index (χ1v) is 14.4. The van der Waals surface area contributed by atoms with E-state index in [1.165, 1.54) is 25.9 Å². The number of carbonyl (C=O) groups is 1. The number of amides is 1. The fourth-order valence-corrected chi connectivity index (χ4v) is 7.86. The molecule has 1 amide bonds. The predicted octanol–water partition coefficient (Wildman–Crippen LogP) is 3.93. The summed E-state index contributed by atoms with van der Waals surface area (Å²) in [5.41, 5.74) is 3.77. The van der Waals surface area contributed by atoms with E-state index in [4.69, 9.17) is 0 Å². The smallest absolute Gasteiger partial charge is 0.243 e. The van der Waals surface area contributed by atoms with Crippen molar-refractivity contribution < 1.29 is 13.2 Å². The molecule has 2 aliphatic heterocycles. The molecule has 2 aliphatic rings. The van der Waals surface area contributed by atoms with Crippen molar-refractivity contribution in [1.82, 2.24) is 14.1 Å². The Labute approximate surface area is 211 Å². The summed E-state index contributed by atoms with van der Waals surface area (Å²) in [6.07, 6.45) is 0.947. The Morgan fingerprint density at radius 1 is 0.971 bits per heavy atom. The molecule has 2 aromatic carbocycles. The molecule has 0 N–H and O–H groups in total. The van der Waals surface area contributed by atoms with E-state index in [0.29, 0.717) is 31.1 Å². The SMILES string of the molecule is Cc1ccccc1C1c2ccsc2CCN1CC(=O)N1CCN(S(=O)(=O)c2ccccc2)C(C)C1. The Morgan fingerprint density at radius 2 is 1.71 bits per heavy atom. The van der Waals surface area contributed by atoms with Crippen LogP contribution in [0.3, 0.4) is 0 Å². The minimum Gasteiger partial charge on any atom is -0.339 e. The van der Waals surface area contributed by atoms with Gasteiger partial charge in [-0.15, -0.1) is 11.3 Å². The second kappa shape index (κ2) is 9.85. The molecular formula is C27H31N3O3S2. The first kappa shape index (κ1) is 24.2. The molecule has 1 saturated heterocycles. The van der Waals surface area contributed by atoms with Crippen molar-refractivity contribution in [3.63, 3.8) is 0 Å². The summed E-state index contributed by atoms with van der Waals surface area (Å²) < 4.78 is 27.8. The van der Waals surface area contributed by atoms with Crippen LogP contribution >= 0.6 is 11.3 Å². The van der Waals surface area contributed by atoms with E-state index in [9.17, 15) is 13.2 Å². The van der Waals surface area contributed by atoms with Crippen LogP contribution in [0.15, 0.2) is 70.9 Å². The number of piperazine rings is 1. The van der Waals surface area contributed by atoms with Gasteiger partial charge in [0.05, 0.1) is 17.5 Å². The molecule has 184 valence electrons. The van der Waals surface area contributed by atoms with Gasteiger partial charge in [0.25, 0.3) is 0 Å². The van der Waals surface area contributed by atoms with E-state index in [1.807, 2.05) is 17.9 Å². The highest BCUT2D eigenvalue weighted by Gasteiger charge is 2.37. The third-order valence-electron chi connectivity index (χ3n) is 7.16. The number of nitrogens with zero attached hydrogens (tertiary/aromatic N) is 3. The van der Waals surface area contributed by atoms with E-state index in [-0.39, 0.29) is 18.0 Å². The van der Waals surface area contributed by atoms with Gasteiger partial charge >= 0.3 is 0 Å². The van der Waals surface area contributed by atoms with Gasteiger partial charge in [0.2, 0.25) is 15.9 Å². The van der Waals surface area contributed by atoms with Crippen LogP contribution in [-0.2, 0) is 21.2 Å². The third kappa shape index (κ3) is 4.68. The molecule has 6 nitrogen and oxygen atoms in total. The summed E-state index contributed by atoms with van der Waals surface area (Å²) in [6.45, 7) is 6.28. The number of aryl methyl sites for hydroxylation is 1. The predicted molar refractivity (Wildman–Crippen MR) is 139 cm³/mol. The topological polar surface area (TPSA) is 60.9 Å². The highest BCUT2D eigenvalue weighted by atomic mass is 32.2. The lowest BCUT2D eigenvalue weighted by Gasteiger charge is -2.41. The first-order valence-electron chi connectivity index (χ1n) is 12.1. The largest absolute Gasteiger partial charge is 0.339 e. The van der Waals surface area contributed by atoms with Crippen molar-refractivity contribution in [2.75, 3.05) is 32.7 Å². The van der Waals surface area contributed by atoms with E-state index < -0.39 is 10.0 Å². The summed E-state index contributed by atoms with van der Waals surface area (Å²) in [6, 6.07) is 18.9. The fourth-order valence-electron chi connectivity index (χ4n) is 5.32. The highest BCUT2D eigenvalue weighted by molar-refractivity contribution is 7.89. The van der Waals surface area contributed by atoms with Crippen LogP contribution in [0.4, 0.5) is 0 Å². The maximum Gasteiger partial charge on any atom is 0.243 e. The first-order chi connectivity index (χ1) is 16.9. The van der Waals surface area contributed by atoms with Crippen molar-refractivity contribution in [3.05, 3.63) is 87.6 Å². The lowest BCUT2D eigenvalue weighted by molar-refractivity contribution is -0.135. The summed E-state index contributed by atoms with van der Waals surface area (Å²) in [5, 5.41) is 2.15. The lowest BCUT2D eigenvalue weighted by Crippen LogP contribution is -2.57. The summed E-state index contributed by atoms with van der Waals surface area (Å²) in [4.78, 5) is 19.3.